The van der Waals surface area contributed by atoms with E-state index in [9.17, 15) is 9.59 Å². The Morgan fingerprint density at radius 2 is 1.57 bits per heavy atom. The third kappa shape index (κ3) is 5.23. The number of carbonyl (C=O) groups excluding carboxylic acids is 2. The van der Waals surface area contributed by atoms with Gasteiger partial charge in [0.15, 0.2) is 0 Å². The van der Waals surface area contributed by atoms with Gasteiger partial charge in [-0.15, -0.1) is 0 Å². The molecule has 23 heavy (non-hydrogen) atoms. The van der Waals surface area contributed by atoms with Crippen LogP contribution in [-0.2, 0) is 11.2 Å². The van der Waals surface area contributed by atoms with Crippen LogP contribution in [0.2, 0.25) is 0 Å². The first-order chi connectivity index (χ1) is 11.2. The van der Waals surface area contributed by atoms with Gasteiger partial charge in [0.2, 0.25) is 5.91 Å². The summed E-state index contributed by atoms with van der Waals surface area (Å²) in [5.74, 6) is -0.502. The van der Waals surface area contributed by atoms with Crippen molar-refractivity contribution < 1.29 is 9.59 Å². The van der Waals surface area contributed by atoms with Crippen molar-refractivity contribution in [2.45, 2.75) is 12.5 Å². The Morgan fingerprint density at radius 3 is 2.17 bits per heavy atom. The van der Waals surface area contributed by atoms with Gasteiger partial charge in [-0.05, 0) is 17.7 Å². The van der Waals surface area contributed by atoms with E-state index in [4.69, 9.17) is 5.73 Å². The zero-order valence-electron chi connectivity index (χ0n) is 12.9. The maximum Gasteiger partial charge on any atom is 0.251 e. The Bertz CT molecular complexity index is 629. The molecule has 0 heterocycles. The largest absolute Gasteiger partial charge is 0.353 e. The van der Waals surface area contributed by atoms with Gasteiger partial charge in [-0.25, -0.2) is 0 Å². The molecule has 5 nitrogen and oxygen atoms in total. The zero-order valence-corrected chi connectivity index (χ0v) is 12.9. The lowest BCUT2D eigenvalue weighted by molar-refractivity contribution is -0.122. The molecular formula is C18H21N3O2. The van der Waals surface area contributed by atoms with Crippen molar-refractivity contribution in [1.82, 2.24) is 10.6 Å². The number of nitrogens with two attached hydrogens (primary N) is 1. The van der Waals surface area contributed by atoms with Crippen LogP contribution in [0.4, 0.5) is 0 Å². The van der Waals surface area contributed by atoms with E-state index in [1.807, 2.05) is 36.4 Å². The average molecular weight is 311 g/mol. The molecule has 0 aromatic heterocycles. The summed E-state index contributed by atoms with van der Waals surface area (Å²) in [5, 5.41) is 5.53. The van der Waals surface area contributed by atoms with Crippen molar-refractivity contribution in [2.24, 2.45) is 5.73 Å². The van der Waals surface area contributed by atoms with Gasteiger partial charge < -0.3 is 16.4 Å². The standard InChI is InChI=1S/C18H21N3O2/c19-11-12-20-18(23)16(13-14-7-3-1-4-8-14)21-17(22)15-9-5-2-6-10-15/h1-10,16H,11-13,19H2,(H,20,23)(H,21,22)/t16-/m0/s1. The van der Waals surface area contributed by atoms with E-state index in [2.05, 4.69) is 10.6 Å². The predicted molar refractivity (Wildman–Crippen MR) is 89.9 cm³/mol. The topological polar surface area (TPSA) is 84.2 Å². The smallest absolute Gasteiger partial charge is 0.251 e. The lowest BCUT2D eigenvalue weighted by Crippen LogP contribution is -2.48. The Kier molecular flexibility index (Phi) is 6.32. The van der Waals surface area contributed by atoms with Crippen molar-refractivity contribution in [3.8, 4) is 0 Å². The molecule has 0 bridgehead atoms. The highest BCUT2D eigenvalue weighted by Crippen LogP contribution is 2.05. The lowest BCUT2D eigenvalue weighted by atomic mass is 10.0. The summed E-state index contributed by atoms with van der Waals surface area (Å²) < 4.78 is 0. The van der Waals surface area contributed by atoms with Gasteiger partial charge in [0, 0.05) is 25.1 Å². The summed E-state index contributed by atoms with van der Waals surface area (Å²) in [7, 11) is 0. The molecule has 0 spiro atoms. The normalized spacial score (nSPS) is 11.5. The first kappa shape index (κ1) is 16.7. The molecule has 0 radical (unpaired) electrons. The summed E-state index contributed by atoms with van der Waals surface area (Å²) in [4.78, 5) is 24.6. The number of hydrogen-bond donors (Lipinski definition) is 3. The van der Waals surface area contributed by atoms with Crippen molar-refractivity contribution in [1.29, 1.82) is 0 Å². The van der Waals surface area contributed by atoms with E-state index in [0.717, 1.165) is 5.56 Å². The van der Waals surface area contributed by atoms with Crippen LogP contribution < -0.4 is 16.4 Å². The zero-order chi connectivity index (χ0) is 16.5. The predicted octanol–water partition coefficient (Wildman–Crippen LogP) is 1.10. The fourth-order valence-corrected chi connectivity index (χ4v) is 2.21. The summed E-state index contributed by atoms with van der Waals surface area (Å²) in [6, 6.07) is 17.8. The minimum absolute atomic E-state index is 0.233. The quantitative estimate of drug-likeness (QED) is 0.716. The lowest BCUT2D eigenvalue weighted by Gasteiger charge is -2.18. The average Bonchev–Trinajstić information content (AvgIpc) is 2.60. The second kappa shape index (κ2) is 8.70. The number of benzene rings is 2. The van der Waals surface area contributed by atoms with Crippen LogP contribution in [0.3, 0.4) is 0 Å². The molecule has 2 aromatic rings. The van der Waals surface area contributed by atoms with E-state index in [1.165, 1.54) is 0 Å². The van der Waals surface area contributed by atoms with Crippen LogP contribution in [-0.4, -0.2) is 30.9 Å². The fraction of sp³-hybridized carbons (Fsp3) is 0.222. The highest BCUT2D eigenvalue weighted by molar-refractivity contribution is 5.97. The molecule has 0 saturated heterocycles. The molecule has 0 aliphatic heterocycles. The number of nitrogens with one attached hydrogen (secondary N) is 2. The number of amides is 2. The Balaban J connectivity index is 2.09. The van der Waals surface area contributed by atoms with E-state index in [0.29, 0.717) is 25.1 Å². The van der Waals surface area contributed by atoms with Crippen molar-refractivity contribution in [2.75, 3.05) is 13.1 Å². The number of rotatable bonds is 7. The molecule has 120 valence electrons. The molecule has 2 rings (SSSR count). The monoisotopic (exact) mass is 311 g/mol. The van der Waals surface area contributed by atoms with Crippen LogP contribution in [0.5, 0.6) is 0 Å². The van der Waals surface area contributed by atoms with Crippen LogP contribution in [0.25, 0.3) is 0 Å². The minimum Gasteiger partial charge on any atom is -0.353 e. The molecule has 1 atom stereocenters. The summed E-state index contributed by atoms with van der Waals surface area (Å²) in [6.07, 6.45) is 0.426. The van der Waals surface area contributed by atoms with Crippen molar-refractivity contribution in [3.05, 3.63) is 71.8 Å². The third-order valence-electron chi connectivity index (χ3n) is 3.38. The molecule has 5 heteroatoms. The van der Waals surface area contributed by atoms with Crippen LogP contribution in [0.1, 0.15) is 15.9 Å². The van der Waals surface area contributed by atoms with Crippen molar-refractivity contribution >= 4 is 11.8 Å². The maximum atomic E-state index is 12.3. The van der Waals surface area contributed by atoms with Gasteiger partial charge >= 0.3 is 0 Å². The molecule has 0 aliphatic carbocycles. The Labute approximate surface area is 135 Å². The molecule has 0 aliphatic rings. The van der Waals surface area contributed by atoms with E-state index < -0.39 is 6.04 Å². The summed E-state index contributed by atoms with van der Waals surface area (Å²) >= 11 is 0. The van der Waals surface area contributed by atoms with E-state index in [-0.39, 0.29) is 11.8 Å². The molecule has 2 amide bonds. The first-order valence-electron chi connectivity index (χ1n) is 7.58. The van der Waals surface area contributed by atoms with Crippen LogP contribution in [0, 0.1) is 0 Å². The second-order valence-electron chi connectivity index (χ2n) is 5.16. The summed E-state index contributed by atoms with van der Waals surface area (Å²) in [6.45, 7) is 0.738. The fourth-order valence-electron chi connectivity index (χ4n) is 2.21. The van der Waals surface area contributed by atoms with E-state index in [1.54, 1.807) is 24.3 Å². The van der Waals surface area contributed by atoms with Gasteiger partial charge in [-0.3, -0.25) is 9.59 Å². The first-order valence-corrected chi connectivity index (χ1v) is 7.58. The van der Waals surface area contributed by atoms with Gasteiger partial charge in [-0.2, -0.15) is 0 Å². The SMILES string of the molecule is NCCNC(=O)[C@H](Cc1ccccc1)NC(=O)c1ccccc1. The molecule has 2 aromatic carbocycles. The summed E-state index contributed by atoms with van der Waals surface area (Å²) in [5.41, 5.74) is 6.93. The molecule has 0 saturated carbocycles. The maximum absolute atomic E-state index is 12.3. The van der Waals surface area contributed by atoms with Crippen molar-refractivity contribution in [3.63, 3.8) is 0 Å². The molecule has 0 fully saturated rings. The minimum atomic E-state index is -0.642. The highest BCUT2D eigenvalue weighted by Gasteiger charge is 2.21. The third-order valence-corrected chi connectivity index (χ3v) is 3.38. The Morgan fingerprint density at radius 1 is 0.957 bits per heavy atom. The van der Waals surface area contributed by atoms with Gasteiger partial charge in [0.1, 0.15) is 6.04 Å². The van der Waals surface area contributed by atoms with E-state index >= 15 is 0 Å². The number of carbonyl (C=O) groups is 2. The van der Waals surface area contributed by atoms with Gasteiger partial charge in [-0.1, -0.05) is 48.5 Å². The van der Waals surface area contributed by atoms with Gasteiger partial charge in [0.25, 0.3) is 5.91 Å². The highest BCUT2D eigenvalue weighted by atomic mass is 16.2. The van der Waals surface area contributed by atoms with Crippen LogP contribution in [0.15, 0.2) is 60.7 Å². The van der Waals surface area contributed by atoms with Gasteiger partial charge in [0.05, 0.1) is 0 Å². The molecule has 4 N–H and O–H groups in total. The van der Waals surface area contributed by atoms with Crippen LogP contribution >= 0.6 is 0 Å². The number of hydrogen-bond acceptors (Lipinski definition) is 3. The Hall–Kier alpha value is -2.66. The molecule has 0 unspecified atom stereocenters. The second-order valence-corrected chi connectivity index (χ2v) is 5.16. The molecular weight excluding hydrogens is 290 g/mol.